The van der Waals surface area contributed by atoms with Crippen LogP contribution in [0.5, 0.6) is 0 Å². The van der Waals surface area contributed by atoms with E-state index in [1.54, 1.807) is 12.4 Å². The number of hydrogen-bond acceptors (Lipinski definition) is 3. The van der Waals surface area contributed by atoms with Crippen molar-refractivity contribution < 1.29 is 4.79 Å². The van der Waals surface area contributed by atoms with E-state index in [1.807, 2.05) is 4.90 Å². The van der Waals surface area contributed by atoms with Crippen molar-refractivity contribution in [2.24, 2.45) is 0 Å². The van der Waals surface area contributed by atoms with Crippen LogP contribution in [0.15, 0.2) is 18.7 Å². The molecule has 0 aliphatic carbocycles. The number of carbonyl (C=O) groups excluding carboxylic acids is 1. The number of hydrogen-bond donors (Lipinski definition) is 0. The maximum atomic E-state index is 12.0. The predicted octanol–water partition coefficient (Wildman–Crippen LogP) is 1.42. The first-order valence-corrected chi connectivity index (χ1v) is 5.81. The van der Waals surface area contributed by atoms with E-state index in [1.165, 1.54) is 12.7 Å². The van der Waals surface area contributed by atoms with Crippen molar-refractivity contribution in [3.05, 3.63) is 24.3 Å². The molecule has 16 heavy (non-hydrogen) atoms. The molecule has 1 aromatic rings. The minimum atomic E-state index is 0.196. The average molecular weight is 219 g/mol. The van der Waals surface area contributed by atoms with Crippen LogP contribution >= 0.6 is 0 Å². The summed E-state index contributed by atoms with van der Waals surface area (Å²) >= 11 is 0. The van der Waals surface area contributed by atoms with Crippen molar-refractivity contribution in [1.82, 2.24) is 14.9 Å². The molecule has 86 valence electrons. The third-order valence-electron chi connectivity index (χ3n) is 3.09. The van der Waals surface area contributed by atoms with Crippen molar-refractivity contribution in [2.45, 2.75) is 38.6 Å². The van der Waals surface area contributed by atoms with E-state index in [2.05, 4.69) is 16.9 Å². The minimum absolute atomic E-state index is 0.196. The molecular formula is C12H17N3O. The van der Waals surface area contributed by atoms with Gasteiger partial charge in [-0.3, -0.25) is 4.79 Å². The maximum Gasteiger partial charge on any atom is 0.227 e. The number of carbonyl (C=O) groups is 1. The molecule has 2 heterocycles. The summed E-state index contributed by atoms with van der Waals surface area (Å²) < 4.78 is 0. The Morgan fingerprint density at radius 2 is 2.19 bits per heavy atom. The van der Waals surface area contributed by atoms with E-state index in [-0.39, 0.29) is 5.91 Å². The highest BCUT2D eigenvalue weighted by Gasteiger charge is 2.22. The summed E-state index contributed by atoms with van der Waals surface area (Å²) in [4.78, 5) is 21.9. The Kier molecular flexibility index (Phi) is 3.49. The first-order valence-electron chi connectivity index (χ1n) is 5.81. The fourth-order valence-electron chi connectivity index (χ4n) is 2.17. The van der Waals surface area contributed by atoms with E-state index >= 15 is 0 Å². The maximum absolute atomic E-state index is 12.0. The molecule has 0 N–H and O–H groups in total. The highest BCUT2D eigenvalue weighted by molar-refractivity contribution is 5.79. The van der Waals surface area contributed by atoms with Gasteiger partial charge in [0.1, 0.15) is 6.33 Å². The number of rotatable bonds is 2. The summed E-state index contributed by atoms with van der Waals surface area (Å²) in [6.07, 6.45) is 8.81. The van der Waals surface area contributed by atoms with Crippen LogP contribution in [0.4, 0.5) is 0 Å². The van der Waals surface area contributed by atoms with Gasteiger partial charge in [-0.05, 0) is 31.7 Å². The number of aromatic nitrogens is 2. The van der Waals surface area contributed by atoms with Crippen LogP contribution in [0.25, 0.3) is 0 Å². The van der Waals surface area contributed by atoms with Gasteiger partial charge >= 0.3 is 0 Å². The summed E-state index contributed by atoms with van der Waals surface area (Å²) in [5.41, 5.74) is 0.894. The zero-order valence-electron chi connectivity index (χ0n) is 9.59. The molecule has 1 atom stereocenters. The van der Waals surface area contributed by atoms with Gasteiger partial charge in [0.05, 0.1) is 6.42 Å². The normalized spacial score (nSPS) is 20.8. The fourth-order valence-corrected chi connectivity index (χ4v) is 2.17. The number of piperidine rings is 1. The molecule has 1 aromatic heterocycles. The topological polar surface area (TPSA) is 46.1 Å². The van der Waals surface area contributed by atoms with Crippen LogP contribution < -0.4 is 0 Å². The Morgan fingerprint density at radius 1 is 1.44 bits per heavy atom. The van der Waals surface area contributed by atoms with Gasteiger partial charge in [0.15, 0.2) is 0 Å². The van der Waals surface area contributed by atoms with Crippen LogP contribution in [-0.2, 0) is 11.2 Å². The van der Waals surface area contributed by atoms with E-state index in [0.717, 1.165) is 24.9 Å². The van der Waals surface area contributed by atoms with Crippen molar-refractivity contribution in [3.8, 4) is 0 Å². The van der Waals surface area contributed by atoms with Gasteiger partial charge in [-0.1, -0.05) is 0 Å². The molecule has 1 aliphatic rings. The third kappa shape index (κ3) is 2.56. The molecule has 0 unspecified atom stereocenters. The van der Waals surface area contributed by atoms with Gasteiger partial charge in [0, 0.05) is 25.0 Å². The largest absolute Gasteiger partial charge is 0.340 e. The summed E-state index contributed by atoms with van der Waals surface area (Å²) in [6, 6.07) is 0.380. The lowest BCUT2D eigenvalue weighted by Gasteiger charge is -2.33. The molecule has 1 fully saturated rings. The molecule has 0 saturated carbocycles. The van der Waals surface area contributed by atoms with Crippen LogP contribution in [0.3, 0.4) is 0 Å². The Bertz CT molecular complexity index is 353. The summed E-state index contributed by atoms with van der Waals surface area (Å²) in [5, 5.41) is 0. The van der Waals surface area contributed by atoms with Crippen LogP contribution in [0, 0.1) is 0 Å². The van der Waals surface area contributed by atoms with Crippen LogP contribution in [0.2, 0.25) is 0 Å². The predicted molar refractivity (Wildman–Crippen MR) is 60.8 cm³/mol. The summed E-state index contributed by atoms with van der Waals surface area (Å²) in [6.45, 7) is 3.02. The second kappa shape index (κ2) is 5.05. The van der Waals surface area contributed by atoms with Crippen molar-refractivity contribution in [3.63, 3.8) is 0 Å². The molecule has 4 nitrogen and oxygen atoms in total. The Hall–Kier alpha value is -1.45. The first-order chi connectivity index (χ1) is 7.77. The Morgan fingerprint density at radius 3 is 2.88 bits per heavy atom. The molecule has 1 amide bonds. The highest BCUT2D eigenvalue weighted by Crippen LogP contribution is 2.17. The quantitative estimate of drug-likeness (QED) is 0.755. The van der Waals surface area contributed by atoms with Crippen LogP contribution in [-0.4, -0.2) is 33.4 Å². The highest BCUT2D eigenvalue weighted by atomic mass is 16.2. The molecular weight excluding hydrogens is 202 g/mol. The molecule has 4 heteroatoms. The second-order valence-corrected chi connectivity index (χ2v) is 4.36. The van der Waals surface area contributed by atoms with Gasteiger partial charge in [-0.25, -0.2) is 9.97 Å². The lowest BCUT2D eigenvalue weighted by molar-refractivity contribution is -0.133. The van der Waals surface area contributed by atoms with Gasteiger partial charge < -0.3 is 4.90 Å². The third-order valence-corrected chi connectivity index (χ3v) is 3.09. The van der Waals surface area contributed by atoms with Gasteiger partial charge in [-0.15, -0.1) is 0 Å². The standard InChI is InChI=1S/C12H17N3O/c1-10-4-2-3-5-15(10)12(16)6-11-7-13-9-14-8-11/h7-10H,2-6H2,1H3/t10-/m0/s1. The SMILES string of the molecule is C[C@H]1CCCCN1C(=O)Cc1cncnc1. The number of amides is 1. The van der Waals surface area contributed by atoms with Crippen molar-refractivity contribution >= 4 is 5.91 Å². The van der Waals surface area contributed by atoms with E-state index in [0.29, 0.717) is 12.5 Å². The van der Waals surface area contributed by atoms with Crippen molar-refractivity contribution in [2.75, 3.05) is 6.54 Å². The van der Waals surface area contributed by atoms with Gasteiger partial charge in [0.25, 0.3) is 0 Å². The monoisotopic (exact) mass is 219 g/mol. The smallest absolute Gasteiger partial charge is 0.227 e. The minimum Gasteiger partial charge on any atom is -0.340 e. The molecule has 0 bridgehead atoms. The van der Waals surface area contributed by atoms with E-state index in [9.17, 15) is 4.79 Å². The Labute approximate surface area is 95.7 Å². The van der Waals surface area contributed by atoms with Gasteiger partial charge in [-0.2, -0.15) is 0 Å². The second-order valence-electron chi connectivity index (χ2n) is 4.36. The zero-order valence-corrected chi connectivity index (χ0v) is 9.59. The molecule has 1 saturated heterocycles. The summed E-state index contributed by atoms with van der Waals surface area (Å²) in [5.74, 6) is 0.196. The molecule has 0 spiro atoms. The Balaban J connectivity index is 1.97. The number of likely N-dealkylation sites (tertiary alicyclic amines) is 1. The molecule has 0 radical (unpaired) electrons. The van der Waals surface area contributed by atoms with Crippen molar-refractivity contribution in [1.29, 1.82) is 0 Å². The molecule has 0 aromatic carbocycles. The summed E-state index contributed by atoms with van der Waals surface area (Å²) in [7, 11) is 0. The van der Waals surface area contributed by atoms with Gasteiger partial charge in [0.2, 0.25) is 5.91 Å². The number of nitrogens with zero attached hydrogens (tertiary/aromatic N) is 3. The lowest BCUT2D eigenvalue weighted by Crippen LogP contribution is -2.42. The molecule has 2 rings (SSSR count). The fraction of sp³-hybridized carbons (Fsp3) is 0.583. The van der Waals surface area contributed by atoms with Crippen LogP contribution in [0.1, 0.15) is 31.7 Å². The van der Waals surface area contributed by atoms with E-state index < -0.39 is 0 Å². The lowest BCUT2D eigenvalue weighted by atomic mass is 10.0. The first kappa shape index (κ1) is 11.0. The van der Waals surface area contributed by atoms with E-state index in [4.69, 9.17) is 0 Å². The zero-order chi connectivity index (χ0) is 11.4. The average Bonchev–Trinajstić information content (AvgIpc) is 2.31. The molecule has 1 aliphatic heterocycles.